The van der Waals surface area contributed by atoms with Crippen molar-refractivity contribution in [2.75, 3.05) is 20.1 Å². The van der Waals surface area contributed by atoms with Gasteiger partial charge in [-0.1, -0.05) is 40.3 Å². The van der Waals surface area contributed by atoms with Gasteiger partial charge in [0.1, 0.15) is 0 Å². The summed E-state index contributed by atoms with van der Waals surface area (Å²) < 4.78 is 0. The van der Waals surface area contributed by atoms with Crippen LogP contribution in [0, 0.1) is 0 Å². The van der Waals surface area contributed by atoms with Gasteiger partial charge in [0.05, 0.1) is 0 Å². The fourth-order valence-corrected chi connectivity index (χ4v) is 1.26. The zero-order chi connectivity index (χ0) is 11.6. The highest BCUT2D eigenvalue weighted by atomic mass is 15.1. The second kappa shape index (κ2) is 10.5. The molecule has 84 valence electrons. The molecule has 0 aromatic heterocycles. The molecule has 1 heterocycles. The zero-order valence-electron chi connectivity index (χ0n) is 10.9. The molecule has 0 spiro atoms. The lowest BCUT2D eigenvalue weighted by atomic mass is 10.00. The van der Waals surface area contributed by atoms with Crippen molar-refractivity contribution < 1.29 is 0 Å². The van der Waals surface area contributed by atoms with Crippen molar-refractivity contribution in [3.05, 3.63) is 23.8 Å². The van der Waals surface area contributed by atoms with Gasteiger partial charge >= 0.3 is 0 Å². The Balaban J connectivity index is 0. The molecule has 0 N–H and O–H groups in total. The highest BCUT2D eigenvalue weighted by Gasteiger charge is 2.11. The van der Waals surface area contributed by atoms with Gasteiger partial charge in [-0.2, -0.15) is 0 Å². The zero-order valence-corrected chi connectivity index (χ0v) is 10.9. The monoisotopic (exact) mass is 197 g/mol. The van der Waals surface area contributed by atoms with Crippen molar-refractivity contribution in [3.63, 3.8) is 0 Å². The summed E-state index contributed by atoms with van der Waals surface area (Å²) in [7, 11) is 2.15. The van der Waals surface area contributed by atoms with Gasteiger partial charge in [-0.3, -0.25) is 0 Å². The predicted octanol–water partition coefficient (Wildman–Crippen LogP) is 3.88. The Bertz CT molecular complexity index is 168. The van der Waals surface area contributed by atoms with E-state index in [1.807, 2.05) is 27.7 Å². The Hall–Kier alpha value is -0.560. The number of rotatable bonds is 0. The lowest BCUT2D eigenvalue weighted by Crippen LogP contribution is -2.27. The van der Waals surface area contributed by atoms with Gasteiger partial charge in [-0.25, -0.2) is 0 Å². The average Bonchev–Trinajstić information content (AvgIpc) is 2.27. The van der Waals surface area contributed by atoms with Gasteiger partial charge < -0.3 is 4.90 Å². The Labute approximate surface area is 90.5 Å². The third kappa shape index (κ3) is 5.98. The molecule has 1 rings (SSSR count). The van der Waals surface area contributed by atoms with Gasteiger partial charge in [0, 0.05) is 13.1 Å². The Morgan fingerprint density at radius 2 is 1.71 bits per heavy atom. The van der Waals surface area contributed by atoms with Gasteiger partial charge in [0.15, 0.2) is 0 Å². The molecule has 1 aliphatic heterocycles. The summed E-state index contributed by atoms with van der Waals surface area (Å²) in [5.41, 5.74) is 2.73. The minimum atomic E-state index is 1.08. The van der Waals surface area contributed by atoms with E-state index in [0.717, 1.165) is 19.5 Å². The van der Waals surface area contributed by atoms with E-state index in [-0.39, 0.29) is 0 Å². The largest absolute Gasteiger partial charge is 0.302 e. The SMILES string of the molecule is C=C1CCN(C)C/C1=C/C.CC.CC. The molecular formula is C13H27N. The lowest BCUT2D eigenvalue weighted by Gasteiger charge is -2.26. The molecule has 1 saturated heterocycles. The van der Waals surface area contributed by atoms with E-state index >= 15 is 0 Å². The van der Waals surface area contributed by atoms with E-state index in [9.17, 15) is 0 Å². The maximum Gasteiger partial charge on any atom is 0.0230 e. The molecular weight excluding hydrogens is 170 g/mol. The van der Waals surface area contributed by atoms with Crippen LogP contribution >= 0.6 is 0 Å². The summed E-state index contributed by atoms with van der Waals surface area (Å²) in [6, 6.07) is 0. The standard InChI is InChI=1S/C9H15N.2C2H6/c1-4-9-7-10(3)6-5-8(9)2;2*1-2/h4H,2,5-7H2,1,3H3;2*1-2H3/b9-4-;;. The van der Waals surface area contributed by atoms with Crippen LogP contribution in [-0.4, -0.2) is 25.0 Å². The van der Waals surface area contributed by atoms with Crippen LogP contribution in [0.1, 0.15) is 41.0 Å². The van der Waals surface area contributed by atoms with Crippen LogP contribution in [0.25, 0.3) is 0 Å². The van der Waals surface area contributed by atoms with E-state index < -0.39 is 0 Å². The molecule has 0 atom stereocenters. The van der Waals surface area contributed by atoms with Gasteiger partial charge in [-0.15, -0.1) is 0 Å². The van der Waals surface area contributed by atoms with Crippen LogP contribution in [0.2, 0.25) is 0 Å². The van der Waals surface area contributed by atoms with Crippen LogP contribution < -0.4 is 0 Å². The maximum atomic E-state index is 4.01. The number of allylic oxidation sites excluding steroid dienone is 1. The Morgan fingerprint density at radius 3 is 2.07 bits per heavy atom. The van der Waals surface area contributed by atoms with Crippen LogP contribution in [0.3, 0.4) is 0 Å². The molecule has 1 fully saturated rings. The first kappa shape index (κ1) is 15.9. The van der Waals surface area contributed by atoms with Crippen molar-refractivity contribution in [3.8, 4) is 0 Å². The van der Waals surface area contributed by atoms with Crippen molar-refractivity contribution in [1.82, 2.24) is 4.90 Å². The highest BCUT2D eigenvalue weighted by molar-refractivity contribution is 5.31. The third-order valence-electron chi connectivity index (χ3n) is 2.04. The first-order chi connectivity index (χ1) is 6.74. The molecule has 0 saturated carbocycles. The minimum Gasteiger partial charge on any atom is -0.302 e. The highest BCUT2D eigenvalue weighted by Crippen LogP contribution is 2.18. The number of piperidine rings is 1. The molecule has 0 aromatic carbocycles. The van der Waals surface area contributed by atoms with E-state index in [1.165, 1.54) is 11.1 Å². The number of nitrogens with zero attached hydrogens (tertiary/aromatic N) is 1. The molecule has 0 bridgehead atoms. The van der Waals surface area contributed by atoms with Gasteiger partial charge in [-0.05, 0) is 31.5 Å². The molecule has 0 aliphatic carbocycles. The smallest absolute Gasteiger partial charge is 0.0230 e. The molecule has 14 heavy (non-hydrogen) atoms. The minimum absolute atomic E-state index is 1.08. The van der Waals surface area contributed by atoms with Crippen molar-refractivity contribution in [2.45, 2.75) is 41.0 Å². The topological polar surface area (TPSA) is 3.24 Å². The summed E-state index contributed by atoms with van der Waals surface area (Å²) in [5, 5.41) is 0. The van der Waals surface area contributed by atoms with Crippen LogP contribution in [0.5, 0.6) is 0 Å². The molecule has 0 unspecified atom stereocenters. The summed E-state index contributed by atoms with van der Waals surface area (Å²) in [6.07, 6.45) is 3.30. The quantitative estimate of drug-likeness (QED) is 0.569. The number of likely N-dealkylation sites (N-methyl/N-ethyl adjacent to an activating group) is 1. The van der Waals surface area contributed by atoms with Gasteiger partial charge in [0.25, 0.3) is 0 Å². The second-order valence-electron chi connectivity index (χ2n) is 2.91. The first-order valence-electron chi connectivity index (χ1n) is 5.76. The van der Waals surface area contributed by atoms with E-state index in [1.54, 1.807) is 0 Å². The van der Waals surface area contributed by atoms with E-state index in [4.69, 9.17) is 0 Å². The molecule has 0 amide bonds. The average molecular weight is 197 g/mol. The fourth-order valence-electron chi connectivity index (χ4n) is 1.26. The van der Waals surface area contributed by atoms with Crippen LogP contribution in [-0.2, 0) is 0 Å². The predicted molar refractivity (Wildman–Crippen MR) is 67.7 cm³/mol. The molecule has 1 aliphatic rings. The summed E-state index contributed by atoms with van der Waals surface area (Å²) >= 11 is 0. The second-order valence-corrected chi connectivity index (χ2v) is 2.91. The van der Waals surface area contributed by atoms with Crippen molar-refractivity contribution in [2.24, 2.45) is 0 Å². The summed E-state index contributed by atoms with van der Waals surface area (Å²) in [6.45, 7) is 16.3. The molecule has 1 heteroatoms. The number of likely N-dealkylation sites (tertiary alicyclic amines) is 1. The van der Waals surface area contributed by atoms with Crippen molar-refractivity contribution in [1.29, 1.82) is 0 Å². The number of hydrogen-bond donors (Lipinski definition) is 0. The fraction of sp³-hybridized carbons (Fsp3) is 0.692. The van der Waals surface area contributed by atoms with E-state index in [2.05, 4.69) is 31.5 Å². The molecule has 0 radical (unpaired) electrons. The van der Waals surface area contributed by atoms with Crippen LogP contribution in [0.15, 0.2) is 23.8 Å². The van der Waals surface area contributed by atoms with Gasteiger partial charge in [0.2, 0.25) is 0 Å². The normalized spacial score (nSPS) is 19.3. The van der Waals surface area contributed by atoms with Crippen LogP contribution in [0.4, 0.5) is 0 Å². The summed E-state index contributed by atoms with van der Waals surface area (Å²) in [4.78, 5) is 2.32. The molecule has 0 aromatic rings. The number of hydrogen-bond acceptors (Lipinski definition) is 1. The maximum absolute atomic E-state index is 4.01. The summed E-state index contributed by atoms with van der Waals surface area (Å²) in [5.74, 6) is 0. The lowest BCUT2D eigenvalue weighted by molar-refractivity contribution is 0.348. The first-order valence-corrected chi connectivity index (χ1v) is 5.76. The Morgan fingerprint density at radius 1 is 1.21 bits per heavy atom. The van der Waals surface area contributed by atoms with E-state index in [0.29, 0.717) is 0 Å². The Kier molecular flexibility index (Phi) is 11.9. The molecule has 1 nitrogen and oxygen atoms in total. The van der Waals surface area contributed by atoms with Crippen molar-refractivity contribution >= 4 is 0 Å². The third-order valence-corrected chi connectivity index (χ3v) is 2.04.